The van der Waals surface area contributed by atoms with Gasteiger partial charge in [0.25, 0.3) is 5.91 Å². The van der Waals surface area contributed by atoms with E-state index in [1.807, 2.05) is 30.3 Å². The van der Waals surface area contributed by atoms with Gasteiger partial charge in [-0.3, -0.25) is 14.6 Å². The third-order valence-corrected chi connectivity index (χ3v) is 6.93. The Kier molecular flexibility index (Phi) is 7.79. The van der Waals surface area contributed by atoms with Crippen LogP contribution >= 0.6 is 11.6 Å². The molecule has 202 valence electrons. The fraction of sp³-hybridized carbons (Fsp3) is 0.161. The van der Waals surface area contributed by atoms with Crippen LogP contribution in [0.25, 0.3) is 0 Å². The number of ether oxygens (including phenoxy) is 1. The lowest BCUT2D eigenvalue weighted by Gasteiger charge is -2.25. The first-order chi connectivity index (χ1) is 19.3. The third kappa shape index (κ3) is 5.97. The number of halogens is 1. The Bertz CT molecular complexity index is 1570. The van der Waals surface area contributed by atoms with Crippen LogP contribution in [0.5, 0.6) is 5.75 Å². The second kappa shape index (κ2) is 11.6. The molecule has 0 spiro atoms. The number of anilines is 3. The number of nitrogens with one attached hydrogen (secondary N) is 1. The van der Waals surface area contributed by atoms with Crippen molar-refractivity contribution < 1.29 is 24.2 Å². The van der Waals surface area contributed by atoms with Crippen molar-refractivity contribution in [1.29, 1.82) is 0 Å². The van der Waals surface area contributed by atoms with Crippen molar-refractivity contribution in [2.75, 3.05) is 23.9 Å². The minimum Gasteiger partial charge on any atom is -0.496 e. The maximum Gasteiger partial charge on any atom is 0.337 e. The van der Waals surface area contributed by atoms with Gasteiger partial charge in [-0.25, -0.2) is 4.79 Å². The molecular formula is C31H26ClN3O5. The van der Waals surface area contributed by atoms with Gasteiger partial charge in [-0.1, -0.05) is 23.7 Å². The van der Waals surface area contributed by atoms with Gasteiger partial charge in [-0.05, 0) is 85.5 Å². The van der Waals surface area contributed by atoms with E-state index in [0.29, 0.717) is 16.7 Å². The Labute approximate surface area is 236 Å². The van der Waals surface area contributed by atoms with E-state index in [2.05, 4.69) is 15.2 Å². The fourth-order valence-electron chi connectivity index (χ4n) is 4.36. The molecule has 1 saturated carbocycles. The Morgan fingerprint density at radius 1 is 0.975 bits per heavy atom. The van der Waals surface area contributed by atoms with Crippen LogP contribution in [0.15, 0.2) is 85.1 Å². The predicted octanol–water partition coefficient (Wildman–Crippen LogP) is 6.47. The molecule has 0 unspecified atom stereocenters. The van der Waals surface area contributed by atoms with Gasteiger partial charge in [-0.2, -0.15) is 0 Å². The van der Waals surface area contributed by atoms with E-state index in [0.717, 1.165) is 17.9 Å². The molecule has 40 heavy (non-hydrogen) atoms. The highest BCUT2D eigenvalue weighted by atomic mass is 35.5. The second-order valence-corrected chi connectivity index (χ2v) is 9.92. The first-order valence-electron chi connectivity index (χ1n) is 12.7. The second-order valence-electron chi connectivity index (χ2n) is 9.48. The van der Waals surface area contributed by atoms with Gasteiger partial charge in [0.05, 0.1) is 35.8 Å². The number of hydrogen-bond acceptors (Lipinski definition) is 6. The maximum absolute atomic E-state index is 13.2. The molecule has 9 heteroatoms. The molecule has 0 radical (unpaired) electrons. The van der Waals surface area contributed by atoms with Crippen LogP contribution in [-0.2, 0) is 0 Å². The number of carbonyl (C=O) groups is 3. The smallest absolute Gasteiger partial charge is 0.337 e. The summed E-state index contributed by atoms with van der Waals surface area (Å²) in [7, 11) is 1.44. The topological polar surface area (TPSA) is 109 Å². The average molecular weight is 556 g/mol. The van der Waals surface area contributed by atoms with Gasteiger partial charge >= 0.3 is 5.97 Å². The first kappa shape index (κ1) is 26.9. The number of carbonyl (C=O) groups excluding carboxylic acids is 2. The molecule has 1 aliphatic carbocycles. The van der Waals surface area contributed by atoms with E-state index in [1.54, 1.807) is 36.5 Å². The van der Waals surface area contributed by atoms with E-state index < -0.39 is 17.7 Å². The molecule has 0 aliphatic heterocycles. The molecule has 3 aromatic carbocycles. The molecule has 2 N–H and O–H groups in total. The maximum atomic E-state index is 13.2. The molecule has 0 atom stereocenters. The summed E-state index contributed by atoms with van der Waals surface area (Å²) in [6.07, 6.45) is 3.99. The molecule has 1 aromatic heterocycles. The van der Waals surface area contributed by atoms with Crippen molar-refractivity contribution in [2.24, 2.45) is 5.92 Å². The monoisotopic (exact) mass is 555 g/mol. The number of pyridine rings is 1. The lowest BCUT2D eigenvalue weighted by molar-refractivity contribution is 0.0698. The highest BCUT2D eigenvalue weighted by Gasteiger charge is 2.26. The lowest BCUT2D eigenvalue weighted by atomic mass is 10.0. The van der Waals surface area contributed by atoms with Crippen molar-refractivity contribution in [2.45, 2.75) is 12.8 Å². The highest BCUT2D eigenvalue weighted by Crippen LogP contribution is 2.35. The number of ketones is 1. The number of carboxylic acids is 1. The highest BCUT2D eigenvalue weighted by molar-refractivity contribution is 6.30. The van der Waals surface area contributed by atoms with E-state index in [-0.39, 0.29) is 28.1 Å². The number of aromatic carboxylic acids is 1. The summed E-state index contributed by atoms with van der Waals surface area (Å²) in [4.78, 5) is 44.6. The van der Waals surface area contributed by atoms with Gasteiger partial charge in [0.2, 0.25) is 5.78 Å². The van der Waals surface area contributed by atoms with Crippen LogP contribution in [0, 0.1) is 5.92 Å². The predicted molar refractivity (Wildman–Crippen MR) is 153 cm³/mol. The van der Waals surface area contributed by atoms with Gasteiger partial charge in [-0.15, -0.1) is 0 Å². The van der Waals surface area contributed by atoms with Gasteiger partial charge in [0.15, 0.2) is 0 Å². The van der Waals surface area contributed by atoms with Crippen LogP contribution in [0.3, 0.4) is 0 Å². The SMILES string of the molecule is COc1ccccc1C(=O)Nc1ccc(C(=O)c2ccc(N(CC3CC3)c3ccc(Cl)cc3)cn2)cc1C(=O)O. The Hall–Kier alpha value is -4.69. The molecule has 1 aliphatic rings. The summed E-state index contributed by atoms with van der Waals surface area (Å²) >= 11 is 6.07. The Morgan fingerprint density at radius 3 is 2.35 bits per heavy atom. The lowest BCUT2D eigenvalue weighted by Crippen LogP contribution is -2.20. The first-order valence-corrected chi connectivity index (χ1v) is 13.1. The molecule has 1 fully saturated rings. The van der Waals surface area contributed by atoms with Crippen LogP contribution < -0.4 is 15.0 Å². The average Bonchev–Trinajstić information content (AvgIpc) is 3.80. The molecular weight excluding hydrogens is 530 g/mol. The number of nitrogens with zero attached hydrogens (tertiary/aromatic N) is 2. The van der Waals surface area contributed by atoms with Crippen molar-refractivity contribution >= 4 is 46.3 Å². The van der Waals surface area contributed by atoms with Crippen LogP contribution in [0.2, 0.25) is 5.02 Å². The van der Waals surface area contributed by atoms with Crippen molar-refractivity contribution in [3.05, 3.63) is 112 Å². The number of aromatic nitrogens is 1. The summed E-state index contributed by atoms with van der Waals surface area (Å²) < 4.78 is 5.22. The summed E-state index contributed by atoms with van der Waals surface area (Å²) in [6, 6.07) is 21.7. The summed E-state index contributed by atoms with van der Waals surface area (Å²) in [5.74, 6) is -1.30. The number of benzene rings is 3. The summed E-state index contributed by atoms with van der Waals surface area (Å²) in [5, 5.41) is 13.1. The molecule has 1 amide bonds. The van der Waals surface area contributed by atoms with Crippen molar-refractivity contribution in [3.8, 4) is 5.75 Å². The van der Waals surface area contributed by atoms with E-state index >= 15 is 0 Å². The number of methoxy groups -OCH3 is 1. The van der Waals surface area contributed by atoms with E-state index in [9.17, 15) is 19.5 Å². The largest absolute Gasteiger partial charge is 0.496 e. The van der Waals surface area contributed by atoms with E-state index in [4.69, 9.17) is 16.3 Å². The van der Waals surface area contributed by atoms with Crippen LogP contribution in [0.4, 0.5) is 17.1 Å². The molecule has 0 bridgehead atoms. The number of para-hydroxylation sites is 1. The Balaban J connectivity index is 1.37. The van der Waals surface area contributed by atoms with Crippen LogP contribution in [-0.4, -0.2) is 41.4 Å². The summed E-state index contributed by atoms with van der Waals surface area (Å²) in [5.41, 5.74) is 2.22. The zero-order valence-corrected chi connectivity index (χ0v) is 22.4. The molecule has 8 nitrogen and oxygen atoms in total. The standard InChI is InChI=1S/C31H26ClN3O5/c1-40-28-5-3-2-4-24(28)30(37)34-26-14-8-20(16-25(26)31(38)39)29(36)27-15-13-23(17-33-27)35(18-19-6-7-19)22-11-9-21(32)10-12-22/h2-5,8-17,19H,6-7,18H2,1H3,(H,34,37)(H,38,39). The Morgan fingerprint density at radius 2 is 1.70 bits per heavy atom. The number of carboxylic acid groups (broad SMARTS) is 1. The zero-order valence-electron chi connectivity index (χ0n) is 21.6. The van der Waals surface area contributed by atoms with Gasteiger partial charge in [0.1, 0.15) is 11.4 Å². The minimum absolute atomic E-state index is 0.0574. The number of rotatable bonds is 10. The zero-order chi connectivity index (χ0) is 28.2. The molecule has 5 rings (SSSR count). The minimum atomic E-state index is -1.29. The van der Waals surface area contributed by atoms with E-state index in [1.165, 1.54) is 38.2 Å². The quantitative estimate of drug-likeness (QED) is 0.216. The van der Waals surface area contributed by atoms with Crippen molar-refractivity contribution in [1.82, 2.24) is 4.98 Å². The normalized spacial score (nSPS) is 12.4. The molecule has 0 saturated heterocycles. The third-order valence-electron chi connectivity index (χ3n) is 6.68. The number of hydrogen-bond donors (Lipinski definition) is 2. The van der Waals surface area contributed by atoms with Gasteiger partial charge < -0.3 is 20.1 Å². The molecule has 1 heterocycles. The van der Waals surface area contributed by atoms with Crippen LogP contribution in [0.1, 0.15) is 49.6 Å². The fourth-order valence-corrected chi connectivity index (χ4v) is 4.49. The number of amides is 1. The summed E-state index contributed by atoms with van der Waals surface area (Å²) in [6.45, 7) is 0.834. The molecule has 4 aromatic rings. The van der Waals surface area contributed by atoms with Gasteiger partial charge in [0, 0.05) is 22.8 Å². The van der Waals surface area contributed by atoms with Crippen molar-refractivity contribution in [3.63, 3.8) is 0 Å².